The molecule has 0 atom stereocenters. The highest BCUT2D eigenvalue weighted by Gasteiger charge is 1.98. The van der Waals surface area contributed by atoms with E-state index in [0.717, 1.165) is 16.7 Å². The molecule has 2 aromatic rings. The molecule has 0 amide bonds. The van der Waals surface area contributed by atoms with Gasteiger partial charge in [0.25, 0.3) is 0 Å². The number of hydrogen-bond donors (Lipinski definition) is 1. The molecule has 3 heteroatoms. The van der Waals surface area contributed by atoms with Gasteiger partial charge < -0.3 is 5.32 Å². The minimum absolute atomic E-state index is 0.876. The highest BCUT2D eigenvalue weighted by molar-refractivity contribution is 5.88. The van der Waals surface area contributed by atoms with Crippen LogP contribution in [0.15, 0.2) is 30.6 Å². The highest BCUT2D eigenvalue weighted by Crippen LogP contribution is 2.16. The number of fused-ring (bicyclic) bond motifs is 1. The molecule has 0 saturated carbocycles. The zero-order valence-corrected chi connectivity index (χ0v) is 8.78. The number of rotatable bonds is 1. The van der Waals surface area contributed by atoms with Gasteiger partial charge in [-0.2, -0.15) is 0 Å². The topological polar surface area (TPSA) is 37.8 Å². The van der Waals surface area contributed by atoms with Crippen molar-refractivity contribution in [1.29, 1.82) is 0 Å². The van der Waals surface area contributed by atoms with Gasteiger partial charge in [0, 0.05) is 12.4 Å². The Kier molecular flexibility index (Phi) is 3.85. The number of nitrogens with one attached hydrogen (secondary N) is 1. The van der Waals surface area contributed by atoms with Crippen LogP contribution in [0.2, 0.25) is 0 Å². The number of nitrogens with zero attached hydrogens (tertiary/aromatic N) is 2. The molecule has 3 nitrogen and oxygen atoms in total. The van der Waals surface area contributed by atoms with Crippen LogP contribution in [0.3, 0.4) is 0 Å². The second-order valence-electron chi connectivity index (χ2n) is 2.49. The van der Waals surface area contributed by atoms with Crippen LogP contribution in [0.1, 0.15) is 13.8 Å². The molecule has 1 heterocycles. The van der Waals surface area contributed by atoms with Crippen molar-refractivity contribution < 1.29 is 0 Å². The number of aromatic nitrogens is 2. The molecule has 0 radical (unpaired) electrons. The average molecular weight is 189 g/mol. The molecule has 0 spiro atoms. The number of hydrogen-bond acceptors (Lipinski definition) is 3. The molecular weight excluding hydrogens is 174 g/mol. The number of benzene rings is 1. The van der Waals surface area contributed by atoms with E-state index in [-0.39, 0.29) is 0 Å². The van der Waals surface area contributed by atoms with Crippen LogP contribution in [0.4, 0.5) is 5.82 Å². The molecule has 0 fully saturated rings. The van der Waals surface area contributed by atoms with Gasteiger partial charge in [-0.05, 0) is 12.1 Å². The Morgan fingerprint density at radius 2 is 1.79 bits per heavy atom. The Morgan fingerprint density at radius 1 is 1.07 bits per heavy atom. The van der Waals surface area contributed by atoms with Crippen LogP contribution in [-0.2, 0) is 0 Å². The van der Waals surface area contributed by atoms with E-state index < -0.39 is 0 Å². The van der Waals surface area contributed by atoms with Crippen LogP contribution in [-0.4, -0.2) is 17.0 Å². The zero-order valence-electron chi connectivity index (χ0n) is 8.78. The van der Waals surface area contributed by atoms with Gasteiger partial charge in [0.1, 0.15) is 12.1 Å². The van der Waals surface area contributed by atoms with Crippen LogP contribution in [0, 0.1) is 0 Å². The zero-order chi connectivity index (χ0) is 10.4. The third-order valence-corrected chi connectivity index (χ3v) is 1.78. The maximum absolute atomic E-state index is 4.14. The van der Waals surface area contributed by atoms with Crippen molar-refractivity contribution in [2.45, 2.75) is 13.8 Å². The van der Waals surface area contributed by atoms with Crippen molar-refractivity contribution in [2.75, 3.05) is 12.4 Å². The standard InChI is InChI=1S/C9H9N3.C2H6/c1-10-9-7-4-2-3-5-8(7)11-6-12-9;1-2/h2-6H,1H3,(H,10,11,12);1-2H3. The molecule has 0 aliphatic heterocycles. The smallest absolute Gasteiger partial charge is 0.137 e. The van der Waals surface area contributed by atoms with E-state index in [1.807, 2.05) is 45.2 Å². The second kappa shape index (κ2) is 5.17. The maximum atomic E-state index is 4.14. The minimum Gasteiger partial charge on any atom is -0.373 e. The minimum atomic E-state index is 0.876. The summed E-state index contributed by atoms with van der Waals surface area (Å²) in [6.45, 7) is 4.00. The summed E-state index contributed by atoms with van der Waals surface area (Å²) in [5, 5.41) is 4.08. The second-order valence-corrected chi connectivity index (χ2v) is 2.49. The number of anilines is 1. The van der Waals surface area contributed by atoms with E-state index in [0.29, 0.717) is 0 Å². The molecule has 0 saturated heterocycles. The monoisotopic (exact) mass is 189 g/mol. The summed E-state index contributed by atoms with van der Waals surface area (Å²) in [5.41, 5.74) is 0.969. The third kappa shape index (κ3) is 1.99. The lowest BCUT2D eigenvalue weighted by molar-refractivity contribution is 1.21. The van der Waals surface area contributed by atoms with E-state index in [1.54, 1.807) is 6.33 Å². The van der Waals surface area contributed by atoms with Crippen molar-refractivity contribution >= 4 is 16.7 Å². The maximum Gasteiger partial charge on any atom is 0.137 e. The summed E-state index contributed by atoms with van der Waals surface area (Å²) in [6.07, 6.45) is 1.56. The van der Waals surface area contributed by atoms with Gasteiger partial charge in [0.2, 0.25) is 0 Å². The van der Waals surface area contributed by atoms with Crippen molar-refractivity contribution in [2.24, 2.45) is 0 Å². The summed E-state index contributed by atoms with van der Waals surface area (Å²) >= 11 is 0. The van der Waals surface area contributed by atoms with Gasteiger partial charge in [0.05, 0.1) is 5.52 Å². The molecule has 74 valence electrons. The van der Waals surface area contributed by atoms with E-state index >= 15 is 0 Å². The van der Waals surface area contributed by atoms with E-state index in [2.05, 4.69) is 15.3 Å². The fraction of sp³-hybridized carbons (Fsp3) is 0.273. The molecule has 0 unspecified atom stereocenters. The summed E-state index contributed by atoms with van der Waals surface area (Å²) in [7, 11) is 1.86. The van der Waals surface area contributed by atoms with Gasteiger partial charge in [-0.15, -0.1) is 0 Å². The van der Waals surface area contributed by atoms with Crippen molar-refractivity contribution in [3.63, 3.8) is 0 Å². The first-order valence-electron chi connectivity index (χ1n) is 4.79. The van der Waals surface area contributed by atoms with Gasteiger partial charge in [0.15, 0.2) is 0 Å². The van der Waals surface area contributed by atoms with Crippen molar-refractivity contribution in [3.8, 4) is 0 Å². The predicted molar refractivity (Wildman–Crippen MR) is 60.4 cm³/mol. The normalized spacial score (nSPS) is 9.07. The van der Waals surface area contributed by atoms with Crippen LogP contribution < -0.4 is 5.32 Å². The molecule has 1 aromatic heterocycles. The Bertz CT molecular complexity index is 393. The molecule has 0 aliphatic carbocycles. The molecule has 14 heavy (non-hydrogen) atoms. The van der Waals surface area contributed by atoms with Crippen LogP contribution >= 0.6 is 0 Å². The summed E-state index contributed by atoms with van der Waals surface area (Å²) in [6, 6.07) is 7.92. The SMILES string of the molecule is CC.CNc1ncnc2ccccc12. The first-order valence-corrected chi connectivity index (χ1v) is 4.79. The summed E-state index contributed by atoms with van der Waals surface area (Å²) < 4.78 is 0. The average Bonchev–Trinajstić information content (AvgIpc) is 2.31. The van der Waals surface area contributed by atoms with Gasteiger partial charge in [-0.1, -0.05) is 26.0 Å². The Hall–Kier alpha value is -1.64. The lowest BCUT2D eigenvalue weighted by atomic mass is 10.2. The summed E-state index contributed by atoms with van der Waals surface area (Å²) in [5.74, 6) is 0.876. The molecule has 0 aliphatic rings. The molecule has 2 rings (SSSR count). The van der Waals surface area contributed by atoms with E-state index in [9.17, 15) is 0 Å². The first-order chi connectivity index (χ1) is 6.92. The van der Waals surface area contributed by atoms with Crippen molar-refractivity contribution in [3.05, 3.63) is 30.6 Å². The Morgan fingerprint density at radius 3 is 2.50 bits per heavy atom. The molecular formula is C11H15N3. The van der Waals surface area contributed by atoms with Crippen LogP contribution in [0.5, 0.6) is 0 Å². The highest BCUT2D eigenvalue weighted by atomic mass is 15.0. The van der Waals surface area contributed by atoms with E-state index in [1.165, 1.54) is 0 Å². The van der Waals surface area contributed by atoms with Gasteiger partial charge in [-0.3, -0.25) is 0 Å². The molecule has 1 aromatic carbocycles. The lowest BCUT2D eigenvalue weighted by Gasteiger charge is -2.01. The predicted octanol–water partition coefficient (Wildman–Crippen LogP) is 2.70. The first kappa shape index (κ1) is 10.4. The molecule has 1 N–H and O–H groups in total. The van der Waals surface area contributed by atoms with Crippen LogP contribution in [0.25, 0.3) is 10.9 Å². The third-order valence-electron chi connectivity index (χ3n) is 1.78. The van der Waals surface area contributed by atoms with Gasteiger partial charge >= 0.3 is 0 Å². The summed E-state index contributed by atoms with van der Waals surface area (Å²) in [4.78, 5) is 8.24. The van der Waals surface area contributed by atoms with Crippen molar-refractivity contribution in [1.82, 2.24) is 9.97 Å². The lowest BCUT2D eigenvalue weighted by Crippen LogP contribution is -1.93. The Labute approximate surface area is 84.2 Å². The largest absolute Gasteiger partial charge is 0.373 e. The molecule has 0 bridgehead atoms. The fourth-order valence-corrected chi connectivity index (χ4v) is 1.20. The quantitative estimate of drug-likeness (QED) is 0.749. The van der Waals surface area contributed by atoms with Gasteiger partial charge in [-0.25, -0.2) is 9.97 Å². The van der Waals surface area contributed by atoms with E-state index in [4.69, 9.17) is 0 Å². The fourth-order valence-electron chi connectivity index (χ4n) is 1.20. The number of para-hydroxylation sites is 1. The Balaban J connectivity index is 0.000000461.